The molecular weight excluding hydrogens is 250 g/mol. The summed E-state index contributed by atoms with van der Waals surface area (Å²) in [5.74, 6) is -1.38. The molecule has 0 radical (unpaired) electrons. The average Bonchev–Trinajstić information content (AvgIpc) is 2.56. The van der Waals surface area contributed by atoms with E-state index < -0.39 is 23.5 Å². The monoisotopic (exact) mass is 269 g/mol. The first-order valence-electron chi connectivity index (χ1n) is 6.04. The largest absolute Gasteiger partial charge is 0.462 e. The highest BCUT2D eigenvalue weighted by atomic mass is 16.6. The van der Waals surface area contributed by atoms with Crippen LogP contribution in [0.4, 0.5) is 0 Å². The SMILES string of the molecule is C=C(C)C(=O)NCCC(=O)OC1C(=O)OCC1(C)C. The van der Waals surface area contributed by atoms with Crippen molar-refractivity contribution in [1.29, 1.82) is 0 Å². The summed E-state index contributed by atoms with van der Waals surface area (Å²) < 4.78 is 9.95. The smallest absolute Gasteiger partial charge is 0.348 e. The lowest BCUT2D eigenvalue weighted by atomic mass is 9.90. The molecule has 0 aromatic rings. The quantitative estimate of drug-likeness (QED) is 0.582. The Bertz CT molecular complexity index is 413. The molecule has 0 aliphatic carbocycles. The van der Waals surface area contributed by atoms with Crippen molar-refractivity contribution in [2.24, 2.45) is 5.41 Å². The summed E-state index contributed by atoms with van der Waals surface area (Å²) in [6, 6.07) is 0. The number of cyclic esters (lactones) is 1. The third-order valence-corrected chi connectivity index (χ3v) is 2.76. The van der Waals surface area contributed by atoms with Crippen molar-refractivity contribution in [3.05, 3.63) is 12.2 Å². The number of rotatable bonds is 5. The molecule has 0 spiro atoms. The maximum atomic E-state index is 11.6. The minimum absolute atomic E-state index is 0.00111. The molecule has 1 unspecified atom stereocenters. The highest BCUT2D eigenvalue weighted by Crippen LogP contribution is 2.31. The Hall–Kier alpha value is -1.85. The fraction of sp³-hybridized carbons (Fsp3) is 0.615. The Morgan fingerprint density at radius 2 is 2.16 bits per heavy atom. The number of carbonyl (C=O) groups excluding carboxylic acids is 3. The lowest BCUT2D eigenvalue weighted by Gasteiger charge is -2.21. The minimum Gasteiger partial charge on any atom is -0.462 e. The summed E-state index contributed by atoms with van der Waals surface area (Å²) in [7, 11) is 0. The number of carbonyl (C=O) groups is 3. The van der Waals surface area contributed by atoms with Crippen LogP contribution in [0.2, 0.25) is 0 Å². The zero-order valence-electron chi connectivity index (χ0n) is 11.4. The van der Waals surface area contributed by atoms with Crippen LogP contribution in [-0.2, 0) is 23.9 Å². The molecule has 19 heavy (non-hydrogen) atoms. The van der Waals surface area contributed by atoms with Crippen LogP contribution in [0.1, 0.15) is 27.2 Å². The summed E-state index contributed by atoms with van der Waals surface area (Å²) in [4.78, 5) is 34.2. The zero-order chi connectivity index (χ0) is 14.6. The number of esters is 2. The van der Waals surface area contributed by atoms with Crippen molar-refractivity contribution in [2.75, 3.05) is 13.2 Å². The van der Waals surface area contributed by atoms with Gasteiger partial charge in [0.1, 0.15) is 6.61 Å². The van der Waals surface area contributed by atoms with Gasteiger partial charge in [-0.05, 0) is 6.92 Å². The van der Waals surface area contributed by atoms with Gasteiger partial charge in [-0.15, -0.1) is 0 Å². The number of amides is 1. The minimum atomic E-state index is -0.878. The van der Waals surface area contributed by atoms with Crippen molar-refractivity contribution < 1.29 is 23.9 Å². The van der Waals surface area contributed by atoms with Gasteiger partial charge in [-0.25, -0.2) is 4.79 Å². The van der Waals surface area contributed by atoms with Gasteiger partial charge >= 0.3 is 11.9 Å². The Morgan fingerprint density at radius 3 is 2.63 bits per heavy atom. The Kier molecular flexibility index (Phi) is 4.69. The van der Waals surface area contributed by atoms with Crippen molar-refractivity contribution in [2.45, 2.75) is 33.3 Å². The zero-order valence-corrected chi connectivity index (χ0v) is 11.4. The van der Waals surface area contributed by atoms with Gasteiger partial charge in [-0.1, -0.05) is 20.4 Å². The van der Waals surface area contributed by atoms with E-state index in [2.05, 4.69) is 11.9 Å². The maximum absolute atomic E-state index is 11.6. The van der Waals surface area contributed by atoms with Crippen molar-refractivity contribution in [1.82, 2.24) is 5.32 Å². The second-order valence-electron chi connectivity index (χ2n) is 5.25. The van der Waals surface area contributed by atoms with Crippen LogP contribution >= 0.6 is 0 Å². The molecule has 1 fully saturated rings. The number of hydrogen-bond acceptors (Lipinski definition) is 5. The first-order valence-corrected chi connectivity index (χ1v) is 6.04. The second kappa shape index (κ2) is 5.86. The van der Waals surface area contributed by atoms with E-state index in [-0.39, 0.29) is 25.5 Å². The molecular formula is C13H19NO5. The van der Waals surface area contributed by atoms with E-state index in [9.17, 15) is 14.4 Å². The Morgan fingerprint density at radius 1 is 1.53 bits per heavy atom. The van der Waals surface area contributed by atoms with E-state index in [1.165, 1.54) is 0 Å². The molecule has 0 bridgehead atoms. The van der Waals surface area contributed by atoms with E-state index in [0.29, 0.717) is 5.57 Å². The first-order chi connectivity index (χ1) is 8.74. The molecule has 1 aliphatic rings. The molecule has 0 aromatic heterocycles. The molecule has 1 heterocycles. The highest BCUT2D eigenvalue weighted by molar-refractivity contribution is 5.92. The van der Waals surface area contributed by atoms with Crippen LogP contribution in [0.5, 0.6) is 0 Å². The summed E-state index contributed by atoms with van der Waals surface area (Å²) in [6.45, 7) is 9.01. The van der Waals surface area contributed by atoms with Crippen LogP contribution in [0.25, 0.3) is 0 Å². The Labute approximate surface area is 112 Å². The standard InChI is InChI=1S/C13H19NO5/c1-8(2)11(16)14-6-5-9(15)19-10-12(17)18-7-13(10,3)4/h10H,1,5-7H2,2-4H3,(H,14,16). The van der Waals surface area contributed by atoms with Crippen LogP contribution in [0.3, 0.4) is 0 Å². The molecule has 1 amide bonds. The van der Waals surface area contributed by atoms with Gasteiger partial charge in [-0.3, -0.25) is 9.59 Å². The summed E-state index contributed by atoms with van der Waals surface area (Å²) >= 11 is 0. The fourth-order valence-corrected chi connectivity index (χ4v) is 1.55. The van der Waals surface area contributed by atoms with E-state index in [4.69, 9.17) is 9.47 Å². The van der Waals surface area contributed by atoms with Gasteiger partial charge < -0.3 is 14.8 Å². The summed E-state index contributed by atoms with van der Waals surface area (Å²) in [6.07, 6.45) is -0.879. The normalized spacial score (nSPS) is 20.6. The molecule has 1 N–H and O–H groups in total. The van der Waals surface area contributed by atoms with Crippen LogP contribution in [0.15, 0.2) is 12.2 Å². The highest BCUT2D eigenvalue weighted by Gasteiger charge is 2.46. The third kappa shape index (κ3) is 4.08. The predicted octanol–water partition coefficient (Wildman–Crippen LogP) is 0.564. The van der Waals surface area contributed by atoms with E-state index >= 15 is 0 Å². The first kappa shape index (κ1) is 15.2. The van der Waals surface area contributed by atoms with E-state index in [1.54, 1.807) is 20.8 Å². The number of hydrogen-bond donors (Lipinski definition) is 1. The fourth-order valence-electron chi connectivity index (χ4n) is 1.55. The number of ether oxygens (including phenoxy) is 2. The van der Waals surface area contributed by atoms with E-state index in [0.717, 1.165) is 0 Å². The molecule has 1 aliphatic heterocycles. The van der Waals surface area contributed by atoms with Crippen LogP contribution in [-0.4, -0.2) is 37.1 Å². The molecule has 0 saturated carbocycles. The second-order valence-corrected chi connectivity index (χ2v) is 5.25. The van der Waals surface area contributed by atoms with Gasteiger partial charge in [0.05, 0.1) is 6.42 Å². The molecule has 1 atom stereocenters. The van der Waals surface area contributed by atoms with Crippen molar-refractivity contribution in [3.63, 3.8) is 0 Å². The maximum Gasteiger partial charge on any atom is 0.348 e. The average molecular weight is 269 g/mol. The third-order valence-electron chi connectivity index (χ3n) is 2.76. The molecule has 6 nitrogen and oxygen atoms in total. The molecule has 6 heteroatoms. The van der Waals surface area contributed by atoms with Gasteiger partial charge in [0, 0.05) is 17.5 Å². The number of nitrogens with one attached hydrogen (secondary N) is 1. The van der Waals surface area contributed by atoms with Gasteiger partial charge in [0.25, 0.3) is 0 Å². The van der Waals surface area contributed by atoms with E-state index in [1.807, 2.05) is 0 Å². The molecule has 1 saturated heterocycles. The van der Waals surface area contributed by atoms with Gasteiger partial charge in [-0.2, -0.15) is 0 Å². The lowest BCUT2D eigenvalue weighted by molar-refractivity contribution is -0.163. The van der Waals surface area contributed by atoms with Gasteiger partial charge in [0.15, 0.2) is 0 Å². The summed E-state index contributed by atoms with van der Waals surface area (Å²) in [5.41, 5.74) is -0.151. The topological polar surface area (TPSA) is 81.7 Å². The van der Waals surface area contributed by atoms with Crippen LogP contribution < -0.4 is 5.32 Å². The van der Waals surface area contributed by atoms with Crippen molar-refractivity contribution in [3.8, 4) is 0 Å². The predicted molar refractivity (Wildman–Crippen MR) is 67.1 cm³/mol. The molecule has 1 rings (SSSR count). The lowest BCUT2D eigenvalue weighted by Crippen LogP contribution is -2.36. The summed E-state index contributed by atoms with van der Waals surface area (Å²) in [5, 5.41) is 2.51. The van der Waals surface area contributed by atoms with Crippen LogP contribution in [0, 0.1) is 5.41 Å². The Balaban J connectivity index is 2.37. The van der Waals surface area contributed by atoms with Crippen molar-refractivity contribution >= 4 is 17.8 Å². The molecule has 106 valence electrons. The van der Waals surface area contributed by atoms with Gasteiger partial charge in [0.2, 0.25) is 12.0 Å². The molecule has 0 aromatic carbocycles.